The van der Waals surface area contributed by atoms with Crippen LogP contribution in [0.15, 0.2) is 48.5 Å². The van der Waals surface area contributed by atoms with Crippen molar-refractivity contribution in [2.24, 2.45) is 0 Å². The van der Waals surface area contributed by atoms with Crippen LogP contribution in [0, 0.1) is 6.92 Å². The Bertz CT molecular complexity index is 958. The number of carboxylic acid groups (broad SMARTS) is 1. The Labute approximate surface area is 153 Å². The molecule has 1 saturated heterocycles. The van der Waals surface area contributed by atoms with Crippen LogP contribution in [0.25, 0.3) is 22.2 Å². The predicted molar refractivity (Wildman–Crippen MR) is 105 cm³/mol. The Morgan fingerprint density at radius 1 is 1.00 bits per heavy atom. The zero-order chi connectivity index (χ0) is 18.1. The summed E-state index contributed by atoms with van der Waals surface area (Å²) in [6.07, 6.45) is 3.36. The number of rotatable bonds is 3. The number of pyridine rings is 1. The highest BCUT2D eigenvalue weighted by molar-refractivity contribution is 6.10. The first-order chi connectivity index (χ1) is 12.6. The second-order valence-electron chi connectivity index (χ2n) is 6.92. The predicted octanol–water partition coefficient (Wildman–Crippen LogP) is 4.90. The van der Waals surface area contributed by atoms with Gasteiger partial charge in [-0.15, -0.1) is 0 Å². The number of para-hydroxylation sites is 1. The maximum atomic E-state index is 12.3. The maximum Gasteiger partial charge on any atom is 0.338 e. The number of aromatic nitrogens is 1. The van der Waals surface area contributed by atoms with Crippen molar-refractivity contribution in [3.8, 4) is 11.3 Å². The minimum absolute atomic E-state index is 0.369. The van der Waals surface area contributed by atoms with Crippen molar-refractivity contribution >= 4 is 22.6 Å². The molecule has 4 heteroatoms. The summed E-state index contributed by atoms with van der Waals surface area (Å²) in [5.74, 6) is -0.891. The summed E-state index contributed by atoms with van der Waals surface area (Å²) in [5.41, 5.74) is 4.76. The highest BCUT2D eigenvalue weighted by atomic mass is 16.4. The molecule has 0 radical (unpaired) electrons. The van der Waals surface area contributed by atoms with Gasteiger partial charge in [0.15, 0.2) is 0 Å². The molecule has 3 aromatic rings. The molecule has 1 aromatic heterocycles. The van der Waals surface area contributed by atoms with Gasteiger partial charge in [-0.1, -0.05) is 48.0 Å². The van der Waals surface area contributed by atoms with Crippen LogP contribution in [0.3, 0.4) is 0 Å². The van der Waals surface area contributed by atoms with Crippen molar-refractivity contribution in [1.29, 1.82) is 0 Å². The zero-order valence-corrected chi connectivity index (χ0v) is 14.9. The lowest BCUT2D eigenvalue weighted by atomic mass is 9.98. The first-order valence-corrected chi connectivity index (χ1v) is 9.13. The number of aryl methyl sites for hydroxylation is 1. The van der Waals surface area contributed by atoms with Gasteiger partial charge in [-0.2, -0.15) is 0 Å². The van der Waals surface area contributed by atoms with Crippen molar-refractivity contribution in [2.45, 2.75) is 26.2 Å². The Hall–Kier alpha value is -2.88. The largest absolute Gasteiger partial charge is 0.478 e. The van der Waals surface area contributed by atoms with E-state index in [0.29, 0.717) is 10.9 Å². The number of hydrogen-bond acceptors (Lipinski definition) is 3. The third-order valence-corrected chi connectivity index (χ3v) is 5.08. The summed E-state index contributed by atoms with van der Waals surface area (Å²) in [5, 5.41) is 10.8. The number of carbonyl (C=O) groups is 1. The van der Waals surface area contributed by atoms with E-state index in [-0.39, 0.29) is 0 Å². The molecule has 1 fully saturated rings. The molecular formula is C22H22N2O2. The number of hydrogen-bond donors (Lipinski definition) is 1. The average molecular weight is 346 g/mol. The second-order valence-corrected chi connectivity index (χ2v) is 6.92. The van der Waals surface area contributed by atoms with E-state index >= 15 is 0 Å². The summed E-state index contributed by atoms with van der Waals surface area (Å²) >= 11 is 0. The summed E-state index contributed by atoms with van der Waals surface area (Å²) in [7, 11) is 0. The van der Waals surface area contributed by atoms with Gasteiger partial charge in [0.1, 0.15) is 0 Å². The van der Waals surface area contributed by atoms with Gasteiger partial charge in [0, 0.05) is 24.0 Å². The van der Waals surface area contributed by atoms with Gasteiger partial charge in [-0.3, -0.25) is 0 Å². The number of piperidine rings is 1. The standard InChI is InChI=1S/C22H22N2O2/c1-15-9-11-16(12-10-15)20-21(24-13-5-2-6-14-24)19(22(25)26)17-7-3-4-8-18(17)23-20/h3-4,7-12H,2,5-6,13-14H2,1H3,(H,25,26). The molecule has 0 spiro atoms. The molecule has 4 nitrogen and oxygen atoms in total. The Morgan fingerprint density at radius 3 is 2.38 bits per heavy atom. The van der Waals surface area contributed by atoms with Crippen molar-refractivity contribution in [1.82, 2.24) is 4.98 Å². The summed E-state index contributed by atoms with van der Waals surface area (Å²) in [6.45, 7) is 3.80. The van der Waals surface area contributed by atoms with Crippen LogP contribution in [0.4, 0.5) is 5.69 Å². The molecule has 1 aliphatic heterocycles. The molecule has 132 valence electrons. The summed E-state index contributed by atoms with van der Waals surface area (Å²) in [6, 6.07) is 15.7. The summed E-state index contributed by atoms with van der Waals surface area (Å²) < 4.78 is 0. The normalized spacial score (nSPS) is 14.6. The summed E-state index contributed by atoms with van der Waals surface area (Å²) in [4.78, 5) is 19.4. The monoisotopic (exact) mass is 346 g/mol. The van der Waals surface area contributed by atoms with Crippen LogP contribution in [0.5, 0.6) is 0 Å². The number of fused-ring (bicyclic) bond motifs is 1. The van der Waals surface area contributed by atoms with Crippen molar-refractivity contribution in [3.63, 3.8) is 0 Å². The average Bonchev–Trinajstić information content (AvgIpc) is 2.67. The fourth-order valence-corrected chi connectivity index (χ4v) is 3.76. The van der Waals surface area contributed by atoms with E-state index in [2.05, 4.69) is 4.90 Å². The molecular weight excluding hydrogens is 324 g/mol. The third kappa shape index (κ3) is 2.92. The molecule has 1 aliphatic rings. The van der Waals surface area contributed by atoms with E-state index < -0.39 is 5.97 Å². The van der Waals surface area contributed by atoms with Crippen molar-refractivity contribution in [2.75, 3.05) is 18.0 Å². The van der Waals surface area contributed by atoms with E-state index in [9.17, 15) is 9.90 Å². The third-order valence-electron chi connectivity index (χ3n) is 5.08. The minimum Gasteiger partial charge on any atom is -0.478 e. The molecule has 0 amide bonds. The maximum absolute atomic E-state index is 12.3. The number of benzene rings is 2. The van der Waals surface area contributed by atoms with Crippen LogP contribution in [-0.2, 0) is 0 Å². The fourth-order valence-electron chi connectivity index (χ4n) is 3.76. The van der Waals surface area contributed by atoms with Gasteiger partial charge >= 0.3 is 5.97 Å². The topological polar surface area (TPSA) is 53.4 Å². The first-order valence-electron chi connectivity index (χ1n) is 9.13. The van der Waals surface area contributed by atoms with Gasteiger partial charge in [0.05, 0.1) is 22.5 Å². The quantitative estimate of drug-likeness (QED) is 0.733. The van der Waals surface area contributed by atoms with Gasteiger partial charge in [0.2, 0.25) is 0 Å². The number of anilines is 1. The van der Waals surface area contributed by atoms with Gasteiger partial charge in [-0.25, -0.2) is 9.78 Å². The van der Waals surface area contributed by atoms with E-state index in [4.69, 9.17) is 4.98 Å². The van der Waals surface area contributed by atoms with E-state index in [1.165, 1.54) is 12.0 Å². The zero-order valence-electron chi connectivity index (χ0n) is 14.9. The molecule has 0 atom stereocenters. The second kappa shape index (κ2) is 6.79. The fraction of sp³-hybridized carbons (Fsp3) is 0.273. The number of carboxylic acids is 1. The smallest absolute Gasteiger partial charge is 0.338 e. The number of aromatic carboxylic acids is 1. The molecule has 0 bridgehead atoms. The van der Waals surface area contributed by atoms with Crippen LogP contribution < -0.4 is 4.90 Å². The van der Waals surface area contributed by atoms with Crippen LogP contribution in [0.1, 0.15) is 35.2 Å². The minimum atomic E-state index is -0.891. The highest BCUT2D eigenvalue weighted by Gasteiger charge is 2.26. The van der Waals surface area contributed by atoms with E-state index in [1.54, 1.807) is 0 Å². The lowest BCUT2D eigenvalue weighted by Gasteiger charge is -2.32. The van der Waals surface area contributed by atoms with Crippen molar-refractivity contribution < 1.29 is 9.90 Å². The molecule has 4 rings (SSSR count). The van der Waals surface area contributed by atoms with Gasteiger partial charge < -0.3 is 10.0 Å². The van der Waals surface area contributed by atoms with Crippen LogP contribution in [-0.4, -0.2) is 29.1 Å². The van der Waals surface area contributed by atoms with Crippen LogP contribution >= 0.6 is 0 Å². The lowest BCUT2D eigenvalue weighted by Crippen LogP contribution is -2.31. The molecule has 1 N–H and O–H groups in total. The first kappa shape index (κ1) is 16.6. The van der Waals surface area contributed by atoms with Crippen molar-refractivity contribution in [3.05, 3.63) is 59.7 Å². The molecule has 0 aliphatic carbocycles. The molecule has 2 heterocycles. The Balaban J connectivity index is 2.04. The molecule has 0 saturated carbocycles. The molecule has 2 aromatic carbocycles. The Kier molecular flexibility index (Phi) is 4.33. The lowest BCUT2D eigenvalue weighted by molar-refractivity contribution is 0.0699. The van der Waals surface area contributed by atoms with Crippen LogP contribution in [0.2, 0.25) is 0 Å². The Morgan fingerprint density at radius 2 is 1.69 bits per heavy atom. The van der Waals surface area contributed by atoms with Gasteiger partial charge in [-0.05, 0) is 32.3 Å². The van der Waals surface area contributed by atoms with E-state index in [0.717, 1.165) is 48.4 Å². The van der Waals surface area contributed by atoms with Gasteiger partial charge in [0.25, 0.3) is 0 Å². The molecule has 0 unspecified atom stereocenters. The molecule has 26 heavy (non-hydrogen) atoms. The number of nitrogens with zero attached hydrogens (tertiary/aromatic N) is 2. The highest BCUT2D eigenvalue weighted by Crippen LogP contribution is 2.38. The van der Waals surface area contributed by atoms with E-state index in [1.807, 2.05) is 55.5 Å². The SMILES string of the molecule is Cc1ccc(-c2nc3ccccc3c(C(=O)O)c2N2CCCCC2)cc1.